The number of benzene rings is 1. The van der Waals surface area contributed by atoms with Crippen LogP contribution in [0.3, 0.4) is 0 Å². The molecular weight excluding hydrogens is 447 g/mol. The van der Waals surface area contributed by atoms with Crippen LogP contribution in [0.4, 0.5) is 24.5 Å². The van der Waals surface area contributed by atoms with Crippen molar-refractivity contribution in [3.63, 3.8) is 0 Å². The van der Waals surface area contributed by atoms with Gasteiger partial charge in [0.25, 0.3) is 5.91 Å². The summed E-state index contributed by atoms with van der Waals surface area (Å²) >= 11 is 0. The number of aromatic nitrogens is 3. The first kappa shape index (κ1) is 22.5. The van der Waals surface area contributed by atoms with Crippen molar-refractivity contribution in [2.24, 2.45) is 11.8 Å². The number of halogens is 3. The highest BCUT2D eigenvalue weighted by Gasteiger charge is 2.42. The van der Waals surface area contributed by atoms with Crippen LogP contribution in [-0.2, 0) is 6.42 Å². The van der Waals surface area contributed by atoms with Crippen LogP contribution in [0.25, 0.3) is 5.65 Å². The number of carbonyl (C=O) groups is 1. The molecular formula is C24H26F3N5O2. The second-order valence-electron chi connectivity index (χ2n) is 9.16. The minimum absolute atomic E-state index is 0.0241. The van der Waals surface area contributed by atoms with E-state index in [1.54, 1.807) is 18.5 Å². The Morgan fingerprint density at radius 3 is 2.76 bits per heavy atom. The molecule has 2 unspecified atom stereocenters. The molecule has 1 N–H and O–H groups in total. The highest BCUT2D eigenvalue weighted by Crippen LogP contribution is 2.42. The topological polar surface area (TPSA) is 71.8 Å². The van der Waals surface area contributed by atoms with Crippen LogP contribution in [0.15, 0.2) is 36.8 Å². The summed E-state index contributed by atoms with van der Waals surface area (Å²) in [6.45, 7) is 4.19. The number of anilines is 2. The van der Waals surface area contributed by atoms with E-state index in [0.717, 1.165) is 23.4 Å². The third-order valence-electron chi connectivity index (χ3n) is 6.89. The van der Waals surface area contributed by atoms with Crippen LogP contribution in [0, 0.1) is 11.8 Å². The number of nitrogens with one attached hydrogen (secondary N) is 1. The van der Waals surface area contributed by atoms with E-state index >= 15 is 0 Å². The summed E-state index contributed by atoms with van der Waals surface area (Å²) in [6, 6.07) is 5.54. The zero-order valence-electron chi connectivity index (χ0n) is 19.0. The summed E-state index contributed by atoms with van der Waals surface area (Å²) in [6.07, 6.45) is 2.20. The zero-order valence-corrected chi connectivity index (χ0v) is 19.0. The minimum atomic E-state index is -4.19. The monoisotopic (exact) mass is 473 g/mol. The van der Waals surface area contributed by atoms with Crippen LogP contribution in [-0.4, -0.2) is 45.9 Å². The van der Waals surface area contributed by atoms with E-state index < -0.39 is 18.0 Å². The maximum absolute atomic E-state index is 13.2. The summed E-state index contributed by atoms with van der Waals surface area (Å²) < 4.78 is 47.1. The Balaban J connectivity index is 1.42. The molecule has 0 aliphatic carbocycles. The number of carbonyl (C=O) groups excluding carboxylic acids is 1. The van der Waals surface area contributed by atoms with Crippen LogP contribution in [0.2, 0.25) is 0 Å². The molecule has 180 valence electrons. The first-order valence-electron chi connectivity index (χ1n) is 11.5. The first-order chi connectivity index (χ1) is 16.2. The molecule has 2 aliphatic heterocycles. The molecule has 5 rings (SSSR count). The van der Waals surface area contributed by atoms with Crippen molar-refractivity contribution in [3.05, 3.63) is 47.9 Å². The van der Waals surface area contributed by atoms with Crippen molar-refractivity contribution in [2.75, 3.05) is 23.3 Å². The van der Waals surface area contributed by atoms with Crippen molar-refractivity contribution in [1.82, 2.24) is 14.6 Å². The van der Waals surface area contributed by atoms with Gasteiger partial charge in [-0.15, -0.1) is 0 Å². The van der Waals surface area contributed by atoms with Crippen molar-refractivity contribution in [2.45, 2.75) is 45.4 Å². The Labute approximate surface area is 194 Å². The minimum Gasteiger partial charge on any atom is -0.490 e. The molecule has 0 radical (unpaired) electrons. The summed E-state index contributed by atoms with van der Waals surface area (Å²) in [5.41, 5.74) is 3.14. The molecule has 0 spiro atoms. The van der Waals surface area contributed by atoms with Crippen molar-refractivity contribution in [1.29, 1.82) is 0 Å². The predicted octanol–water partition coefficient (Wildman–Crippen LogP) is 4.72. The number of ether oxygens (including phenoxy) is 1. The Hall–Kier alpha value is -3.30. The lowest BCUT2D eigenvalue weighted by Crippen LogP contribution is -2.39. The Morgan fingerprint density at radius 1 is 1.26 bits per heavy atom. The van der Waals surface area contributed by atoms with Gasteiger partial charge in [0, 0.05) is 43.5 Å². The number of alkyl halides is 3. The zero-order chi connectivity index (χ0) is 24.0. The quantitative estimate of drug-likeness (QED) is 0.594. The Kier molecular flexibility index (Phi) is 5.61. The summed E-state index contributed by atoms with van der Waals surface area (Å²) in [5.74, 6) is -1.34. The second kappa shape index (κ2) is 8.48. The fourth-order valence-corrected chi connectivity index (χ4v) is 4.90. The highest BCUT2D eigenvalue weighted by molar-refractivity contribution is 6.09. The van der Waals surface area contributed by atoms with Crippen molar-refractivity contribution < 1.29 is 22.7 Å². The summed E-state index contributed by atoms with van der Waals surface area (Å²) in [4.78, 5) is 19.4. The Morgan fingerprint density at radius 2 is 2.03 bits per heavy atom. The van der Waals surface area contributed by atoms with E-state index in [-0.39, 0.29) is 12.0 Å². The molecule has 2 aromatic heterocycles. The van der Waals surface area contributed by atoms with Gasteiger partial charge in [0.05, 0.1) is 23.5 Å². The van der Waals surface area contributed by atoms with Gasteiger partial charge in [-0.1, -0.05) is 6.92 Å². The molecule has 1 fully saturated rings. The van der Waals surface area contributed by atoms with Crippen LogP contribution in [0.5, 0.6) is 5.75 Å². The number of piperidine rings is 1. The van der Waals surface area contributed by atoms with E-state index in [1.807, 2.05) is 24.0 Å². The van der Waals surface area contributed by atoms with E-state index in [4.69, 9.17) is 4.74 Å². The van der Waals surface area contributed by atoms with Gasteiger partial charge in [0.15, 0.2) is 5.65 Å². The van der Waals surface area contributed by atoms with E-state index in [1.165, 1.54) is 17.6 Å². The molecule has 10 heteroatoms. The van der Waals surface area contributed by atoms with Crippen LogP contribution in [0.1, 0.15) is 42.6 Å². The first-order valence-corrected chi connectivity index (χ1v) is 11.5. The van der Waals surface area contributed by atoms with Crippen molar-refractivity contribution in [3.8, 4) is 5.75 Å². The van der Waals surface area contributed by atoms with Gasteiger partial charge in [-0.05, 0) is 37.8 Å². The van der Waals surface area contributed by atoms with Gasteiger partial charge in [-0.2, -0.15) is 18.3 Å². The third kappa shape index (κ3) is 4.17. The fraction of sp³-hybridized carbons (Fsp3) is 0.458. The van der Waals surface area contributed by atoms with E-state index in [9.17, 15) is 18.0 Å². The third-order valence-corrected chi connectivity index (χ3v) is 6.89. The Bertz CT molecular complexity index is 1220. The van der Waals surface area contributed by atoms with Gasteiger partial charge in [-0.3, -0.25) is 4.79 Å². The molecule has 34 heavy (non-hydrogen) atoms. The average molecular weight is 473 g/mol. The molecule has 3 aromatic rings. The standard InChI is InChI=1S/C24H26F3N5O2/c1-14-10-17-11-19(30-23(33)18-13-29-32-7-3-6-28-22(18)32)20(12-21(17)34-14)31-8-4-16(5-9-31)15(2)24(25,26)27/h3,6-7,11-16H,4-5,8-10H2,1-2H3,(H,30,33). The number of hydrogen-bond acceptors (Lipinski definition) is 5. The summed E-state index contributed by atoms with van der Waals surface area (Å²) in [7, 11) is 0. The van der Waals surface area contributed by atoms with E-state index in [0.29, 0.717) is 42.8 Å². The van der Waals surface area contributed by atoms with E-state index in [2.05, 4.69) is 15.4 Å². The second-order valence-corrected chi connectivity index (χ2v) is 9.16. The molecule has 1 amide bonds. The van der Waals surface area contributed by atoms with Crippen LogP contribution < -0.4 is 15.0 Å². The normalized spacial score (nSPS) is 19.7. The largest absolute Gasteiger partial charge is 0.490 e. The molecule has 1 saturated heterocycles. The molecule has 4 heterocycles. The maximum atomic E-state index is 13.2. The lowest BCUT2D eigenvalue weighted by atomic mass is 9.85. The molecule has 0 bridgehead atoms. The molecule has 0 saturated carbocycles. The average Bonchev–Trinajstić information content (AvgIpc) is 3.40. The number of rotatable bonds is 4. The lowest BCUT2D eigenvalue weighted by Gasteiger charge is -2.37. The number of nitrogens with zero attached hydrogens (tertiary/aromatic N) is 4. The molecule has 2 atom stereocenters. The number of amides is 1. The van der Waals surface area contributed by atoms with Gasteiger partial charge < -0.3 is 15.0 Å². The van der Waals surface area contributed by atoms with Gasteiger partial charge in [0.1, 0.15) is 17.4 Å². The lowest BCUT2D eigenvalue weighted by molar-refractivity contribution is -0.185. The summed E-state index contributed by atoms with van der Waals surface area (Å²) in [5, 5.41) is 7.17. The predicted molar refractivity (Wildman–Crippen MR) is 121 cm³/mol. The fourth-order valence-electron chi connectivity index (χ4n) is 4.90. The molecule has 1 aromatic carbocycles. The molecule has 2 aliphatic rings. The smallest absolute Gasteiger partial charge is 0.391 e. The van der Waals surface area contributed by atoms with Crippen molar-refractivity contribution >= 4 is 22.9 Å². The van der Waals surface area contributed by atoms with Gasteiger partial charge >= 0.3 is 6.18 Å². The molecule has 7 nitrogen and oxygen atoms in total. The maximum Gasteiger partial charge on any atom is 0.391 e. The van der Waals surface area contributed by atoms with Gasteiger partial charge in [-0.25, -0.2) is 9.50 Å². The van der Waals surface area contributed by atoms with Gasteiger partial charge in [0.2, 0.25) is 0 Å². The SMILES string of the molecule is CC1Cc2cc(NC(=O)c3cnn4cccnc34)c(N3CCC(C(C)C(F)(F)F)CC3)cc2O1. The highest BCUT2D eigenvalue weighted by atomic mass is 19.4. The number of hydrogen-bond donors (Lipinski definition) is 1. The van der Waals surface area contributed by atoms with Crippen LogP contribution >= 0.6 is 0 Å². The number of fused-ring (bicyclic) bond motifs is 2.